The van der Waals surface area contributed by atoms with Crippen LogP contribution in [-0.4, -0.2) is 25.2 Å². The van der Waals surface area contributed by atoms with Crippen LogP contribution < -0.4 is 14.8 Å². The molecule has 1 unspecified atom stereocenters. The number of benzene rings is 2. The van der Waals surface area contributed by atoms with Crippen LogP contribution in [-0.2, 0) is 0 Å². The van der Waals surface area contributed by atoms with E-state index in [-0.39, 0.29) is 12.0 Å². The smallest absolute Gasteiger partial charge is 0.251 e. The average Bonchev–Trinajstić information content (AvgIpc) is 2.55. The molecule has 2 aromatic carbocycles. The van der Waals surface area contributed by atoms with Crippen LogP contribution in [0.2, 0.25) is 0 Å². The van der Waals surface area contributed by atoms with E-state index in [1.807, 2.05) is 50.2 Å². The maximum absolute atomic E-state index is 12.4. The summed E-state index contributed by atoms with van der Waals surface area (Å²) in [6, 6.07) is 11.5. The molecule has 0 radical (unpaired) electrons. The zero-order valence-electron chi connectivity index (χ0n) is 13.7. The molecule has 120 valence electrons. The number of aryl methyl sites for hydroxylation is 3. The second kappa shape index (κ2) is 6.32. The molecular formula is C19H21NO3. The second-order valence-electron chi connectivity index (χ2n) is 5.96. The van der Waals surface area contributed by atoms with Gasteiger partial charge in [-0.05, 0) is 55.7 Å². The molecule has 3 rings (SSSR count). The Labute approximate surface area is 136 Å². The first kappa shape index (κ1) is 15.4. The van der Waals surface area contributed by atoms with Gasteiger partial charge in [-0.2, -0.15) is 0 Å². The minimum absolute atomic E-state index is 0.0759. The molecule has 0 aromatic heterocycles. The Morgan fingerprint density at radius 2 is 1.78 bits per heavy atom. The second-order valence-corrected chi connectivity index (χ2v) is 5.96. The van der Waals surface area contributed by atoms with Crippen molar-refractivity contribution in [2.75, 3.05) is 13.2 Å². The molecule has 1 heterocycles. The van der Waals surface area contributed by atoms with E-state index in [1.54, 1.807) is 0 Å². The van der Waals surface area contributed by atoms with E-state index in [2.05, 4.69) is 12.2 Å². The first-order valence-electron chi connectivity index (χ1n) is 7.79. The monoisotopic (exact) mass is 311 g/mol. The lowest BCUT2D eigenvalue weighted by molar-refractivity contribution is 0.0789. The summed E-state index contributed by atoms with van der Waals surface area (Å²) in [7, 11) is 0. The van der Waals surface area contributed by atoms with Crippen molar-refractivity contribution in [3.05, 3.63) is 58.7 Å². The summed E-state index contributed by atoms with van der Waals surface area (Å²) >= 11 is 0. The number of nitrogens with one attached hydrogen (secondary N) is 1. The lowest BCUT2D eigenvalue weighted by Crippen LogP contribution is -2.40. The summed E-state index contributed by atoms with van der Waals surface area (Å²) in [5.41, 5.74) is 4.01. The zero-order valence-corrected chi connectivity index (χ0v) is 13.7. The van der Waals surface area contributed by atoms with E-state index in [0.29, 0.717) is 18.7 Å². The normalized spacial score (nSPS) is 16.0. The topological polar surface area (TPSA) is 47.6 Å². The molecule has 0 bridgehead atoms. The number of para-hydroxylation sites is 2. The highest BCUT2D eigenvalue weighted by atomic mass is 16.6. The molecule has 0 spiro atoms. The summed E-state index contributed by atoms with van der Waals surface area (Å²) < 4.78 is 11.5. The van der Waals surface area contributed by atoms with E-state index in [0.717, 1.165) is 22.6 Å². The number of ether oxygens (including phenoxy) is 2. The molecule has 0 aliphatic carbocycles. The van der Waals surface area contributed by atoms with Crippen molar-refractivity contribution >= 4 is 5.91 Å². The third-order valence-corrected chi connectivity index (χ3v) is 4.14. The van der Waals surface area contributed by atoms with Crippen LogP contribution >= 0.6 is 0 Å². The molecule has 1 aliphatic heterocycles. The molecule has 0 saturated heterocycles. The van der Waals surface area contributed by atoms with Gasteiger partial charge in [0, 0.05) is 5.56 Å². The highest BCUT2D eigenvalue weighted by Crippen LogP contribution is 2.30. The summed E-state index contributed by atoms with van der Waals surface area (Å²) in [6.45, 7) is 6.87. The van der Waals surface area contributed by atoms with Crippen LogP contribution in [0.15, 0.2) is 36.4 Å². The van der Waals surface area contributed by atoms with Gasteiger partial charge in [-0.15, -0.1) is 0 Å². The Hall–Kier alpha value is -2.49. The fraction of sp³-hybridized carbons (Fsp3) is 0.316. The lowest BCUT2D eigenvalue weighted by atomic mass is 10.0. The Kier molecular flexibility index (Phi) is 4.24. The van der Waals surface area contributed by atoms with E-state index >= 15 is 0 Å². The van der Waals surface area contributed by atoms with Gasteiger partial charge in [0.25, 0.3) is 5.91 Å². The van der Waals surface area contributed by atoms with E-state index in [4.69, 9.17) is 9.47 Å². The molecule has 0 fully saturated rings. The Morgan fingerprint density at radius 1 is 1.09 bits per heavy atom. The molecule has 4 heteroatoms. The maximum Gasteiger partial charge on any atom is 0.251 e. The Bertz CT molecular complexity index is 739. The first-order chi connectivity index (χ1) is 11.0. The van der Waals surface area contributed by atoms with E-state index in [9.17, 15) is 4.79 Å². The molecule has 1 atom stereocenters. The molecule has 1 aliphatic rings. The van der Waals surface area contributed by atoms with Crippen molar-refractivity contribution in [2.24, 2.45) is 0 Å². The number of hydrogen-bond acceptors (Lipinski definition) is 3. The lowest BCUT2D eigenvalue weighted by Gasteiger charge is -2.26. The van der Waals surface area contributed by atoms with Gasteiger partial charge in [-0.25, -0.2) is 0 Å². The third-order valence-electron chi connectivity index (χ3n) is 4.14. The first-order valence-corrected chi connectivity index (χ1v) is 7.79. The summed E-state index contributed by atoms with van der Waals surface area (Å²) in [5.74, 6) is 1.40. The van der Waals surface area contributed by atoms with Gasteiger partial charge in [0.05, 0.1) is 6.54 Å². The molecule has 1 N–H and O–H groups in total. The molecular weight excluding hydrogens is 290 g/mol. The third kappa shape index (κ3) is 3.31. The predicted octanol–water partition coefficient (Wildman–Crippen LogP) is 3.18. The number of fused-ring (bicyclic) bond motifs is 1. The quantitative estimate of drug-likeness (QED) is 0.947. The van der Waals surface area contributed by atoms with E-state index < -0.39 is 0 Å². The van der Waals surface area contributed by atoms with Crippen molar-refractivity contribution in [3.8, 4) is 11.5 Å². The van der Waals surface area contributed by atoms with Crippen molar-refractivity contribution in [3.63, 3.8) is 0 Å². The summed E-state index contributed by atoms with van der Waals surface area (Å²) in [6.07, 6.45) is -0.180. The number of carbonyl (C=O) groups is 1. The average molecular weight is 311 g/mol. The van der Waals surface area contributed by atoms with Crippen molar-refractivity contribution in [2.45, 2.75) is 26.9 Å². The molecule has 4 nitrogen and oxygen atoms in total. The van der Waals surface area contributed by atoms with Gasteiger partial charge in [0.1, 0.15) is 12.7 Å². The highest BCUT2D eigenvalue weighted by Gasteiger charge is 2.21. The largest absolute Gasteiger partial charge is 0.486 e. The number of hydrogen-bond donors (Lipinski definition) is 1. The highest BCUT2D eigenvalue weighted by molar-refractivity contribution is 5.96. The van der Waals surface area contributed by atoms with Gasteiger partial charge in [-0.1, -0.05) is 18.2 Å². The van der Waals surface area contributed by atoms with Crippen molar-refractivity contribution in [1.82, 2.24) is 5.32 Å². The zero-order chi connectivity index (χ0) is 16.4. The predicted molar refractivity (Wildman–Crippen MR) is 89.3 cm³/mol. The number of amides is 1. The SMILES string of the molecule is Cc1cc(C)c(C(=O)NCC2COc3ccccc3O2)cc1C. The molecule has 1 amide bonds. The van der Waals surface area contributed by atoms with Crippen LogP contribution in [0.3, 0.4) is 0 Å². The molecule has 0 saturated carbocycles. The summed E-state index contributed by atoms with van der Waals surface area (Å²) in [4.78, 5) is 12.4. The van der Waals surface area contributed by atoms with Crippen LogP contribution in [0.5, 0.6) is 11.5 Å². The maximum atomic E-state index is 12.4. The fourth-order valence-corrected chi connectivity index (χ4v) is 2.67. The van der Waals surface area contributed by atoms with Gasteiger partial charge in [0.2, 0.25) is 0 Å². The van der Waals surface area contributed by atoms with Crippen molar-refractivity contribution < 1.29 is 14.3 Å². The van der Waals surface area contributed by atoms with Crippen LogP contribution in [0.4, 0.5) is 0 Å². The standard InChI is InChI=1S/C19H21NO3/c1-12-8-14(3)16(9-13(12)2)19(21)20-10-15-11-22-17-6-4-5-7-18(17)23-15/h4-9,15H,10-11H2,1-3H3,(H,20,21). The van der Waals surface area contributed by atoms with Crippen LogP contribution in [0, 0.1) is 20.8 Å². The van der Waals surface area contributed by atoms with Gasteiger partial charge >= 0.3 is 0 Å². The fourth-order valence-electron chi connectivity index (χ4n) is 2.67. The van der Waals surface area contributed by atoms with E-state index in [1.165, 1.54) is 5.56 Å². The summed E-state index contributed by atoms with van der Waals surface area (Å²) in [5, 5.41) is 2.94. The van der Waals surface area contributed by atoms with Crippen LogP contribution in [0.1, 0.15) is 27.0 Å². The van der Waals surface area contributed by atoms with Crippen molar-refractivity contribution in [1.29, 1.82) is 0 Å². The van der Waals surface area contributed by atoms with Crippen LogP contribution in [0.25, 0.3) is 0 Å². The number of carbonyl (C=O) groups excluding carboxylic acids is 1. The minimum atomic E-state index is -0.180. The van der Waals surface area contributed by atoms with Gasteiger partial charge < -0.3 is 14.8 Å². The Morgan fingerprint density at radius 3 is 2.57 bits per heavy atom. The molecule has 23 heavy (non-hydrogen) atoms. The Balaban J connectivity index is 1.63. The molecule has 2 aromatic rings. The minimum Gasteiger partial charge on any atom is -0.486 e. The number of rotatable bonds is 3. The van der Waals surface area contributed by atoms with Gasteiger partial charge in [0.15, 0.2) is 11.5 Å². The van der Waals surface area contributed by atoms with Gasteiger partial charge in [-0.3, -0.25) is 4.79 Å².